The highest BCUT2D eigenvalue weighted by atomic mass is 16.5. The highest BCUT2D eigenvalue weighted by molar-refractivity contribution is 5.75. The van der Waals surface area contributed by atoms with Crippen LogP contribution in [0, 0.1) is 57.7 Å². The van der Waals surface area contributed by atoms with Crippen molar-refractivity contribution in [2.45, 2.75) is 126 Å². The molecule has 0 amide bonds. The standard InChI is InChI=1S/C34H56O3/c1-10-23(21(2)3)12-11-22(4)27-15-16-28-26-14-13-24-19-25(35)20-30(37-31(36)32(5,6)7)34(24,9)29(26)17-18-33(27,28)8/h11-13,21-23,25-30,35H,10,14-20H2,1-9H3/b12-11+/t22-,23+,25+,26+,27-,28+,29+,30?,33-,34+/m1/s1. The Morgan fingerprint density at radius 1 is 1.14 bits per heavy atom. The second kappa shape index (κ2) is 10.5. The Balaban J connectivity index is 1.58. The Kier molecular flexibility index (Phi) is 8.18. The van der Waals surface area contributed by atoms with Gasteiger partial charge in [0.1, 0.15) is 6.10 Å². The second-order valence-corrected chi connectivity index (χ2v) is 15.2. The van der Waals surface area contributed by atoms with Gasteiger partial charge in [0.15, 0.2) is 0 Å². The molecule has 3 fully saturated rings. The zero-order valence-electron chi connectivity index (χ0n) is 25.3. The molecule has 10 atom stereocenters. The number of esters is 1. The molecule has 1 unspecified atom stereocenters. The van der Waals surface area contributed by atoms with E-state index in [1.54, 1.807) is 0 Å². The van der Waals surface area contributed by atoms with E-state index in [1.807, 2.05) is 20.8 Å². The predicted octanol–water partition coefficient (Wildman–Crippen LogP) is 8.37. The molecule has 3 heteroatoms. The van der Waals surface area contributed by atoms with Gasteiger partial charge < -0.3 is 9.84 Å². The Morgan fingerprint density at radius 3 is 2.46 bits per heavy atom. The number of carbonyl (C=O) groups excluding carboxylic acids is 1. The number of ether oxygens (including phenoxy) is 1. The third kappa shape index (κ3) is 5.12. The van der Waals surface area contributed by atoms with Crippen LogP contribution in [-0.2, 0) is 9.53 Å². The molecule has 0 aromatic carbocycles. The topological polar surface area (TPSA) is 46.5 Å². The van der Waals surface area contributed by atoms with E-state index in [2.05, 4.69) is 59.8 Å². The molecule has 0 spiro atoms. The smallest absolute Gasteiger partial charge is 0.311 e. The Morgan fingerprint density at radius 2 is 1.84 bits per heavy atom. The zero-order chi connectivity index (χ0) is 27.3. The zero-order valence-corrected chi connectivity index (χ0v) is 25.3. The van der Waals surface area contributed by atoms with Crippen molar-refractivity contribution in [3.05, 3.63) is 23.8 Å². The van der Waals surface area contributed by atoms with Crippen LogP contribution in [0.4, 0.5) is 0 Å². The largest absolute Gasteiger partial charge is 0.461 e. The first-order valence-electron chi connectivity index (χ1n) is 15.5. The number of hydrogen-bond donors (Lipinski definition) is 1. The molecule has 3 saturated carbocycles. The van der Waals surface area contributed by atoms with Crippen LogP contribution in [0.3, 0.4) is 0 Å². The molecule has 0 aromatic rings. The van der Waals surface area contributed by atoms with Crippen molar-refractivity contribution in [3.63, 3.8) is 0 Å². The third-order valence-corrected chi connectivity index (χ3v) is 11.7. The van der Waals surface area contributed by atoms with E-state index in [0.717, 1.165) is 24.7 Å². The first kappa shape index (κ1) is 28.9. The lowest BCUT2D eigenvalue weighted by atomic mass is 9.46. The van der Waals surface area contributed by atoms with Gasteiger partial charge in [-0.15, -0.1) is 0 Å². The second-order valence-electron chi connectivity index (χ2n) is 15.2. The van der Waals surface area contributed by atoms with Gasteiger partial charge in [-0.3, -0.25) is 4.79 Å². The molecule has 0 aliphatic heterocycles. The van der Waals surface area contributed by atoms with Gasteiger partial charge in [-0.2, -0.15) is 0 Å². The van der Waals surface area contributed by atoms with Gasteiger partial charge in [0.25, 0.3) is 0 Å². The maximum atomic E-state index is 13.0. The van der Waals surface area contributed by atoms with Gasteiger partial charge in [0, 0.05) is 11.8 Å². The average molecular weight is 513 g/mol. The molecule has 0 heterocycles. The normalized spacial score (nSPS) is 41.5. The van der Waals surface area contributed by atoms with E-state index in [4.69, 9.17) is 4.74 Å². The summed E-state index contributed by atoms with van der Waals surface area (Å²) in [4.78, 5) is 13.0. The fraction of sp³-hybridized carbons (Fsp3) is 0.853. The van der Waals surface area contributed by atoms with Crippen molar-refractivity contribution in [1.82, 2.24) is 0 Å². The first-order valence-corrected chi connectivity index (χ1v) is 15.5. The summed E-state index contributed by atoms with van der Waals surface area (Å²) in [6, 6.07) is 0. The van der Waals surface area contributed by atoms with E-state index in [-0.39, 0.29) is 17.5 Å². The summed E-state index contributed by atoms with van der Waals surface area (Å²) in [6.45, 7) is 20.3. The number of allylic oxidation sites excluding steroid dienone is 3. The molecule has 4 rings (SSSR count). The van der Waals surface area contributed by atoms with Crippen LogP contribution in [0.2, 0.25) is 0 Å². The van der Waals surface area contributed by atoms with Crippen molar-refractivity contribution >= 4 is 5.97 Å². The van der Waals surface area contributed by atoms with Crippen LogP contribution in [0.15, 0.2) is 23.8 Å². The number of carbonyl (C=O) groups is 1. The van der Waals surface area contributed by atoms with Gasteiger partial charge >= 0.3 is 5.97 Å². The summed E-state index contributed by atoms with van der Waals surface area (Å²) in [5.74, 6) is 4.54. The van der Waals surface area contributed by atoms with E-state index < -0.39 is 11.5 Å². The Bertz CT molecular complexity index is 893. The average Bonchev–Trinajstić information content (AvgIpc) is 3.16. The lowest BCUT2D eigenvalue weighted by molar-refractivity contribution is -0.177. The fourth-order valence-corrected chi connectivity index (χ4v) is 9.34. The van der Waals surface area contributed by atoms with Crippen molar-refractivity contribution in [3.8, 4) is 0 Å². The predicted molar refractivity (Wildman–Crippen MR) is 153 cm³/mol. The van der Waals surface area contributed by atoms with Crippen molar-refractivity contribution < 1.29 is 14.6 Å². The molecular weight excluding hydrogens is 456 g/mol. The van der Waals surface area contributed by atoms with E-state index in [9.17, 15) is 9.90 Å². The lowest BCUT2D eigenvalue weighted by Crippen LogP contribution is -2.57. The van der Waals surface area contributed by atoms with Crippen LogP contribution in [0.1, 0.15) is 114 Å². The molecule has 0 bridgehead atoms. The van der Waals surface area contributed by atoms with Gasteiger partial charge in [0.2, 0.25) is 0 Å². The van der Waals surface area contributed by atoms with Gasteiger partial charge in [-0.05, 0) is 113 Å². The number of aliphatic hydroxyl groups is 1. The summed E-state index contributed by atoms with van der Waals surface area (Å²) in [5, 5.41) is 10.7. The maximum absolute atomic E-state index is 13.0. The quantitative estimate of drug-likeness (QED) is 0.287. The van der Waals surface area contributed by atoms with Crippen LogP contribution >= 0.6 is 0 Å². The highest BCUT2D eigenvalue weighted by Crippen LogP contribution is 2.67. The minimum absolute atomic E-state index is 0.136. The van der Waals surface area contributed by atoms with Crippen LogP contribution in [0.5, 0.6) is 0 Å². The van der Waals surface area contributed by atoms with Crippen molar-refractivity contribution in [2.24, 2.45) is 57.7 Å². The molecule has 0 aromatic heterocycles. The molecule has 0 saturated heterocycles. The molecule has 37 heavy (non-hydrogen) atoms. The molecule has 210 valence electrons. The summed E-state index contributed by atoms with van der Waals surface area (Å²) in [5.41, 5.74) is 1.06. The highest BCUT2D eigenvalue weighted by Gasteiger charge is 2.61. The Labute approximate surface area is 227 Å². The number of hydrogen-bond acceptors (Lipinski definition) is 3. The minimum atomic E-state index is -0.531. The Hall–Kier alpha value is -1.09. The minimum Gasteiger partial charge on any atom is -0.461 e. The number of fused-ring (bicyclic) bond motifs is 5. The molecule has 4 aliphatic rings. The number of aliphatic hydroxyl groups excluding tert-OH is 1. The molecular formula is C34H56O3. The SMILES string of the molecule is CC[C@@H](/C=C/[C@@H](C)[C@H]1CC[C@H]2[C@@H]3CC=C4C[C@H](O)CC(OC(=O)C(C)(C)C)[C@]4(C)[C@H]3CC[C@]12C)C(C)C. The van der Waals surface area contributed by atoms with Crippen LogP contribution in [0.25, 0.3) is 0 Å². The van der Waals surface area contributed by atoms with Gasteiger partial charge in [-0.1, -0.05) is 65.3 Å². The van der Waals surface area contributed by atoms with E-state index in [1.165, 1.54) is 37.7 Å². The number of rotatable bonds is 6. The fourth-order valence-electron chi connectivity index (χ4n) is 9.34. The summed E-state index contributed by atoms with van der Waals surface area (Å²) in [6.07, 6.45) is 15.7. The summed E-state index contributed by atoms with van der Waals surface area (Å²) < 4.78 is 6.28. The van der Waals surface area contributed by atoms with Crippen molar-refractivity contribution in [2.75, 3.05) is 0 Å². The van der Waals surface area contributed by atoms with Gasteiger partial charge in [-0.25, -0.2) is 0 Å². The molecule has 4 aliphatic carbocycles. The lowest BCUT2D eigenvalue weighted by Gasteiger charge is -2.60. The van der Waals surface area contributed by atoms with Crippen molar-refractivity contribution in [1.29, 1.82) is 0 Å². The van der Waals surface area contributed by atoms with Crippen LogP contribution < -0.4 is 0 Å². The summed E-state index contributed by atoms with van der Waals surface area (Å²) in [7, 11) is 0. The molecule has 1 N–H and O–H groups in total. The van der Waals surface area contributed by atoms with E-state index >= 15 is 0 Å². The maximum Gasteiger partial charge on any atom is 0.311 e. The van der Waals surface area contributed by atoms with Gasteiger partial charge in [0.05, 0.1) is 11.5 Å². The van der Waals surface area contributed by atoms with Crippen LogP contribution in [-0.4, -0.2) is 23.3 Å². The molecule has 3 nitrogen and oxygen atoms in total. The third-order valence-electron chi connectivity index (χ3n) is 11.7. The summed E-state index contributed by atoms with van der Waals surface area (Å²) >= 11 is 0. The monoisotopic (exact) mass is 512 g/mol. The first-order chi connectivity index (χ1) is 17.2. The van der Waals surface area contributed by atoms with E-state index in [0.29, 0.717) is 41.4 Å². The molecule has 0 radical (unpaired) electrons.